The van der Waals surface area contributed by atoms with Gasteiger partial charge >= 0.3 is 0 Å². The van der Waals surface area contributed by atoms with E-state index in [0.717, 1.165) is 45.7 Å². The molecule has 3 nitrogen and oxygen atoms in total. The monoisotopic (exact) mass is 188 g/mol. The molecule has 13 heavy (non-hydrogen) atoms. The second-order valence-electron chi connectivity index (χ2n) is 3.72. The normalized spacial score (nSPS) is 21.7. The van der Waals surface area contributed by atoms with Gasteiger partial charge in [0.2, 0.25) is 0 Å². The van der Waals surface area contributed by atoms with Gasteiger partial charge in [-0.2, -0.15) is 0 Å². The standard InChI is InChI=1S/C10H20O3/c1-2-12-6-3-10(9-11)4-7-13-8-5-10/h11H,2-9H2,1H3. The molecule has 1 rings (SSSR count). The fraction of sp³-hybridized carbons (Fsp3) is 1.00. The Balaban J connectivity index is 2.29. The predicted molar refractivity (Wildman–Crippen MR) is 50.7 cm³/mol. The average molecular weight is 188 g/mol. The van der Waals surface area contributed by atoms with E-state index in [-0.39, 0.29) is 12.0 Å². The molecule has 1 N–H and O–H groups in total. The highest BCUT2D eigenvalue weighted by molar-refractivity contribution is 4.80. The summed E-state index contributed by atoms with van der Waals surface area (Å²) < 4.78 is 10.6. The number of rotatable bonds is 5. The molecule has 1 saturated heterocycles. The summed E-state index contributed by atoms with van der Waals surface area (Å²) in [7, 11) is 0. The van der Waals surface area contributed by atoms with Gasteiger partial charge in [0, 0.05) is 38.4 Å². The van der Waals surface area contributed by atoms with E-state index in [1.54, 1.807) is 0 Å². The second-order valence-corrected chi connectivity index (χ2v) is 3.72. The molecule has 0 unspecified atom stereocenters. The van der Waals surface area contributed by atoms with Crippen molar-refractivity contribution >= 4 is 0 Å². The highest BCUT2D eigenvalue weighted by atomic mass is 16.5. The molecule has 3 heteroatoms. The van der Waals surface area contributed by atoms with E-state index in [9.17, 15) is 5.11 Å². The lowest BCUT2D eigenvalue weighted by Crippen LogP contribution is -2.34. The molecule has 0 aromatic carbocycles. The lowest BCUT2D eigenvalue weighted by molar-refractivity contribution is -0.0340. The third-order valence-corrected chi connectivity index (χ3v) is 2.87. The highest BCUT2D eigenvalue weighted by Crippen LogP contribution is 2.33. The zero-order valence-electron chi connectivity index (χ0n) is 8.42. The van der Waals surface area contributed by atoms with Crippen LogP contribution >= 0.6 is 0 Å². The summed E-state index contributed by atoms with van der Waals surface area (Å²) >= 11 is 0. The van der Waals surface area contributed by atoms with Crippen LogP contribution in [0.25, 0.3) is 0 Å². The molecule has 0 spiro atoms. The molecule has 0 amide bonds. The van der Waals surface area contributed by atoms with E-state index in [4.69, 9.17) is 9.47 Å². The molecule has 0 aliphatic carbocycles. The topological polar surface area (TPSA) is 38.7 Å². The van der Waals surface area contributed by atoms with Gasteiger partial charge in [-0.05, 0) is 26.2 Å². The van der Waals surface area contributed by atoms with Crippen molar-refractivity contribution in [1.29, 1.82) is 0 Å². The molecule has 1 heterocycles. The lowest BCUT2D eigenvalue weighted by Gasteiger charge is -2.35. The molecular weight excluding hydrogens is 168 g/mol. The smallest absolute Gasteiger partial charge is 0.0489 e. The Morgan fingerprint density at radius 1 is 1.38 bits per heavy atom. The van der Waals surface area contributed by atoms with E-state index in [2.05, 4.69) is 0 Å². The molecule has 1 fully saturated rings. The number of hydrogen-bond donors (Lipinski definition) is 1. The van der Waals surface area contributed by atoms with E-state index in [0.29, 0.717) is 0 Å². The van der Waals surface area contributed by atoms with Crippen LogP contribution in [-0.2, 0) is 9.47 Å². The Labute approximate surface area is 80.0 Å². The quantitative estimate of drug-likeness (QED) is 0.659. The van der Waals surface area contributed by atoms with Crippen molar-refractivity contribution in [3.63, 3.8) is 0 Å². The molecule has 0 aromatic heterocycles. The van der Waals surface area contributed by atoms with Gasteiger partial charge in [0.1, 0.15) is 0 Å². The molecule has 0 bridgehead atoms. The fourth-order valence-electron chi connectivity index (χ4n) is 1.72. The van der Waals surface area contributed by atoms with Crippen LogP contribution in [0.3, 0.4) is 0 Å². The van der Waals surface area contributed by atoms with Gasteiger partial charge in [-0.15, -0.1) is 0 Å². The van der Waals surface area contributed by atoms with Gasteiger partial charge in [0.05, 0.1) is 0 Å². The first-order valence-electron chi connectivity index (χ1n) is 5.09. The van der Waals surface area contributed by atoms with Gasteiger partial charge in [0.25, 0.3) is 0 Å². The van der Waals surface area contributed by atoms with Gasteiger partial charge < -0.3 is 14.6 Å². The zero-order chi connectivity index (χ0) is 9.57. The lowest BCUT2D eigenvalue weighted by atomic mass is 9.78. The Hall–Kier alpha value is -0.120. The van der Waals surface area contributed by atoms with Crippen LogP contribution < -0.4 is 0 Å². The van der Waals surface area contributed by atoms with E-state index in [1.807, 2.05) is 6.92 Å². The van der Waals surface area contributed by atoms with Crippen molar-refractivity contribution in [2.24, 2.45) is 5.41 Å². The number of hydrogen-bond acceptors (Lipinski definition) is 3. The second kappa shape index (κ2) is 5.58. The number of ether oxygens (including phenoxy) is 2. The van der Waals surface area contributed by atoms with Crippen molar-refractivity contribution in [3.8, 4) is 0 Å². The minimum Gasteiger partial charge on any atom is -0.396 e. The van der Waals surface area contributed by atoms with E-state index >= 15 is 0 Å². The van der Waals surface area contributed by atoms with Crippen molar-refractivity contribution in [2.75, 3.05) is 33.0 Å². The minimum atomic E-state index is 0.0768. The summed E-state index contributed by atoms with van der Waals surface area (Å²) in [5, 5.41) is 9.33. The maximum atomic E-state index is 9.33. The first-order chi connectivity index (χ1) is 6.33. The Morgan fingerprint density at radius 3 is 2.62 bits per heavy atom. The number of aliphatic hydroxyl groups excluding tert-OH is 1. The maximum Gasteiger partial charge on any atom is 0.0489 e. The molecule has 0 saturated carbocycles. The van der Waals surface area contributed by atoms with Crippen LogP contribution in [0, 0.1) is 5.41 Å². The van der Waals surface area contributed by atoms with Crippen molar-refractivity contribution in [3.05, 3.63) is 0 Å². The SMILES string of the molecule is CCOCCC1(CO)CCOCC1. The average Bonchev–Trinajstić information content (AvgIpc) is 2.20. The van der Waals surface area contributed by atoms with Crippen molar-refractivity contribution < 1.29 is 14.6 Å². The maximum absolute atomic E-state index is 9.33. The molecule has 1 aliphatic heterocycles. The van der Waals surface area contributed by atoms with Crippen molar-refractivity contribution in [2.45, 2.75) is 26.2 Å². The first-order valence-corrected chi connectivity index (χ1v) is 5.09. The van der Waals surface area contributed by atoms with Crippen LogP contribution in [0.15, 0.2) is 0 Å². The van der Waals surface area contributed by atoms with E-state index in [1.165, 1.54) is 0 Å². The Kier molecular flexibility index (Phi) is 4.70. The minimum absolute atomic E-state index is 0.0768. The summed E-state index contributed by atoms with van der Waals surface area (Å²) in [5.74, 6) is 0. The van der Waals surface area contributed by atoms with Crippen molar-refractivity contribution in [1.82, 2.24) is 0 Å². The molecule has 78 valence electrons. The first kappa shape index (κ1) is 11.0. The summed E-state index contributed by atoms with van der Waals surface area (Å²) in [4.78, 5) is 0. The molecule has 0 radical (unpaired) electrons. The van der Waals surface area contributed by atoms with Crippen LogP contribution in [-0.4, -0.2) is 38.1 Å². The van der Waals surface area contributed by atoms with Gasteiger partial charge in [0.15, 0.2) is 0 Å². The Morgan fingerprint density at radius 2 is 2.08 bits per heavy atom. The van der Waals surface area contributed by atoms with Crippen LogP contribution in [0.2, 0.25) is 0 Å². The highest BCUT2D eigenvalue weighted by Gasteiger charge is 2.31. The molecule has 1 aliphatic rings. The Bertz CT molecular complexity index is 130. The number of aliphatic hydroxyl groups is 1. The van der Waals surface area contributed by atoms with Crippen LogP contribution in [0.5, 0.6) is 0 Å². The third kappa shape index (κ3) is 3.25. The molecular formula is C10H20O3. The predicted octanol–water partition coefficient (Wildman–Crippen LogP) is 1.20. The molecule has 0 atom stereocenters. The van der Waals surface area contributed by atoms with Gasteiger partial charge in [-0.25, -0.2) is 0 Å². The summed E-state index contributed by atoms with van der Waals surface area (Å²) in [5.41, 5.74) is 0.0768. The summed E-state index contributed by atoms with van der Waals surface area (Å²) in [6.45, 7) is 5.35. The van der Waals surface area contributed by atoms with Crippen LogP contribution in [0.4, 0.5) is 0 Å². The third-order valence-electron chi connectivity index (χ3n) is 2.87. The summed E-state index contributed by atoms with van der Waals surface area (Å²) in [6.07, 6.45) is 2.90. The van der Waals surface area contributed by atoms with Crippen LogP contribution in [0.1, 0.15) is 26.2 Å². The fourth-order valence-corrected chi connectivity index (χ4v) is 1.72. The zero-order valence-corrected chi connectivity index (χ0v) is 8.42. The largest absolute Gasteiger partial charge is 0.396 e. The van der Waals surface area contributed by atoms with E-state index < -0.39 is 0 Å². The van der Waals surface area contributed by atoms with Gasteiger partial charge in [-0.3, -0.25) is 0 Å². The van der Waals surface area contributed by atoms with Gasteiger partial charge in [-0.1, -0.05) is 0 Å². The summed E-state index contributed by atoms with van der Waals surface area (Å²) in [6, 6.07) is 0. The molecule has 0 aromatic rings.